The quantitative estimate of drug-likeness (QED) is 0.894. The molecule has 6 heteroatoms. The van der Waals surface area contributed by atoms with Crippen molar-refractivity contribution in [3.05, 3.63) is 12.4 Å². The van der Waals surface area contributed by atoms with E-state index in [4.69, 9.17) is 5.73 Å². The van der Waals surface area contributed by atoms with Gasteiger partial charge < -0.3 is 11.1 Å². The third-order valence-electron chi connectivity index (χ3n) is 3.10. The summed E-state index contributed by atoms with van der Waals surface area (Å²) in [5.41, 5.74) is 7.01. The molecule has 0 saturated heterocycles. The van der Waals surface area contributed by atoms with Crippen molar-refractivity contribution < 1.29 is 0 Å². The topological polar surface area (TPSA) is 55.9 Å². The summed E-state index contributed by atoms with van der Waals surface area (Å²) < 4.78 is 1.94. The number of hydrogen-bond donors (Lipinski definition) is 2. The van der Waals surface area contributed by atoms with Crippen molar-refractivity contribution >= 4 is 30.5 Å². The lowest BCUT2D eigenvalue weighted by atomic mass is 9.92. The fraction of sp³-hybridized carbons (Fsp3) is 0.727. The Labute approximate surface area is 115 Å². The first-order valence-electron chi connectivity index (χ1n) is 5.82. The van der Waals surface area contributed by atoms with Gasteiger partial charge in [0.25, 0.3) is 0 Å². The lowest BCUT2D eigenvalue weighted by Gasteiger charge is -2.26. The molecule has 1 heterocycles. The van der Waals surface area contributed by atoms with Crippen LogP contribution in [0.25, 0.3) is 0 Å². The van der Waals surface area contributed by atoms with Gasteiger partial charge in [-0.05, 0) is 32.6 Å². The molecule has 17 heavy (non-hydrogen) atoms. The Kier molecular flexibility index (Phi) is 7.59. The van der Waals surface area contributed by atoms with Crippen LogP contribution in [0.5, 0.6) is 0 Å². The molecule has 0 unspecified atom stereocenters. The Morgan fingerprint density at radius 3 is 2.53 bits per heavy atom. The molecule has 0 amide bonds. The van der Waals surface area contributed by atoms with Gasteiger partial charge in [-0.2, -0.15) is 5.10 Å². The zero-order valence-corrected chi connectivity index (χ0v) is 11.8. The smallest absolute Gasteiger partial charge is 0.0728 e. The monoisotopic (exact) mass is 280 g/mol. The molecule has 0 bridgehead atoms. The van der Waals surface area contributed by atoms with Crippen molar-refractivity contribution in [3.8, 4) is 0 Å². The molecule has 0 spiro atoms. The summed E-state index contributed by atoms with van der Waals surface area (Å²) in [7, 11) is 0. The highest BCUT2D eigenvalue weighted by Crippen LogP contribution is 2.20. The molecule has 1 aliphatic carbocycles. The zero-order chi connectivity index (χ0) is 10.7. The zero-order valence-electron chi connectivity index (χ0n) is 10.1. The van der Waals surface area contributed by atoms with E-state index in [9.17, 15) is 0 Å². The Balaban J connectivity index is 0.00000128. The molecule has 0 aliphatic heterocycles. The summed E-state index contributed by atoms with van der Waals surface area (Å²) in [6.07, 6.45) is 8.60. The van der Waals surface area contributed by atoms with E-state index >= 15 is 0 Å². The van der Waals surface area contributed by atoms with Crippen molar-refractivity contribution in [1.82, 2.24) is 9.78 Å². The number of hydrogen-bond acceptors (Lipinski definition) is 3. The third kappa shape index (κ3) is 4.74. The lowest BCUT2D eigenvalue weighted by molar-refractivity contribution is 0.411. The van der Waals surface area contributed by atoms with E-state index in [1.54, 1.807) is 0 Å². The maximum atomic E-state index is 5.87. The minimum Gasteiger partial charge on any atom is -0.380 e. The summed E-state index contributed by atoms with van der Waals surface area (Å²) in [6.45, 7) is 3.02. The molecule has 2 rings (SSSR count). The Morgan fingerprint density at radius 1 is 1.35 bits per heavy atom. The summed E-state index contributed by atoms with van der Waals surface area (Å²) in [5, 5.41) is 7.76. The van der Waals surface area contributed by atoms with Gasteiger partial charge in [0.2, 0.25) is 0 Å². The van der Waals surface area contributed by atoms with Gasteiger partial charge >= 0.3 is 0 Å². The van der Waals surface area contributed by atoms with Crippen LogP contribution in [-0.4, -0.2) is 21.9 Å². The van der Waals surface area contributed by atoms with Crippen molar-refractivity contribution in [3.63, 3.8) is 0 Å². The molecule has 1 fully saturated rings. The lowest BCUT2D eigenvalue weighted by Crippen LogP contribution is -2.32. The number of rotatable bonds is 3. The van der Waals surface area contributed by atoms with Crippen LogP contribution >= 0.6 is 24.8 Å². The van der Waals surface area contributed by atoms with Gasteiger partial charge in [-0.15, -0.1) is 24.8 Å². The van der Waals surface area contributed by atoms with Crippen LogP contribution in [0.15, 0.2) is 12.4 Å². The van der Waals surface area contributed by atoms with E-state index in [1.807, 2.05) is 10.9 Å². The average molecular weight is 281 g/mol. The molecule has 4 nitrogen and oxygen atoms in total. The molecular weight excluding hydrogens is 259 g/mol. The largest absolute Gasteiger partial charge is 0.380 e. The van der Waals surface area contributed by atoms with E-state index < -0.39 is 0 Å². The van der Waals surface area contributed by atoms with Gasteiger partial charge in [0.15, 0.2) is 0 Å². The van der Waals surface area contributed by atoms with Gasteiger partial charge in [0.1, 0.15) is 0 Å². The highest BCUT2D eigenvalue weighted by Gasteiger charge is 2.18. The van der Waals surface area contributed by atoms with Crippen molar-refractivity contribution in [2.75, 3.05) is 5.32 Å². The normalized spacial score (nSPS) is 23.4. The number of aryl methyl sites for hydroxylation is 1. The molecule has 0 atom stereocenters. The first-order chi connectivity index (χ1) is 7.28. The van der Waals surface area contributed by atoms with Gasteiger partial charge in [-0.25, -0.2) is 0 Å². The van der Waals surface area contributed by atoms with Crippen molar-refractivity contribution in [2.24, 2.45) is 5.73 Å². The first kappa shape index (κ1) is 16.6. The van der Waals surface area contributed by atoms with Gasteiger partial charge in [-0.3, -0.25) is 4.68 Å². The Morgan fingerprint density at radius 2 is 2.00 bits per heavy atom. The summed E-state index contributed by atoms with van der Waals surface area (Å²) in [4.78, 5) is 0. The molecule has 3 N–H and O–H groups in total. The Hall–Kier alpha value is -0.450. The maximum absolute atomic E-state index is 5.87. The van der Waals surface area contributed by atoms with Crippen LogP contribution in [0.1, 0.15) is 32.6 Å². The summed E-state index contributed by atoms with van der Waals surface area (Å²) >= 11 is 0. The minimum atomic E-state index is 0. The van der Waals surface area contributed by atoms with Crippen LogP contribution in [0.4, 0.5) is 5.69 Å². The molecule has 0 radical (unpaired) electrons. The number of nitrogens with one attached hydrogen (secondary N) is 1. The van der Waals surface area contributed by atoms with E-state index in [2.05, 4.69) is 23.5 Å². The molecule has 1 aliphatic rings. The molecule has 1 aromatic rings. The van der Waals surface area contributed by atoms with Gasteiger partial charge in [-0.1, -0.05) is 0 Å². The van der Waals surface area contributed by atoms with Gasteiger partial charge in [0, 0.05) is 24.8 Å². The number of nitrogens with two attached hydrogens (primary N) is 1. The van der Waals surface area contributed by atoms with Crippen LogP contribution in [-0.2, 0) is 6.54 Å². The number of anilines is 1. The van der Waals surface area contributed by atoms with E-state index in [-0.39, 0.29) is 24.8 Å². The van der Waals surface area contributed by atoms with Crippen LogP contribution in [0.3, 0.4) is 0 Å². The molecule has 0 aromatic carbocycles. The fourth-order valence-corrected chi connectivity index (χ4v) is 2.11. The maximum Gasteiger partial charge on any atom is 0.0728 e. The number of halogens is 2. The first-order valence-corrected chi connectivity index (χ1v) is 5.82. The van der Waals surface area contributed by atoms with Crippen molar-refractivity contribution in [1.29, 1.82) is 0 Å². The van der Waals surface area contributed by atoms with Crippen LogP contribution in [0, 0.1) is 0 Å². The standard InChI is InChI=1S/C11H20N4.2ClH/c1-2-15-8-11(7-13-15)14-10-5-3-9(12)4-6-10;;/h7-10,14H,2-6,12H2,1H3;2*1H. The van der Waals surface area contributed by atoms with E-state index in [0.717, 1.165) is 25.1 Å². The van der Waals surface area contributed by atoms with Gasteiger partial charge in [0.05, 0.1) is 11.9 Å². The second kappa shape index (κ2) is 7.80. The van der Waals surface area contributed by atoms with Crippen molar-refractivity contribution in [2.45, 2.75) is 51.2 Å². The fourth-order valence-electron chi connectivity index (χ4n) is 2.11. The van der Waals surface area contributed by atoms with E-state index in [1.165, 1.54) is 12.8 Å². The second-order valence-electron chi connectivity index (χ2n) is 4.34. The molecular formula is C11H22Cl2N4. The second-order valence-corrected chi connectivity index (χ2v) is 4.34. The predicted octanol–water partition coefficient (Wildman–Crippen LogP) is 2.43. The predicted molar refractivity (Wildman–Crippen MR) is 76.3 cm³/mol. The molecule has 100 valence electrons. The highest BCUT2D eigenvalue weighted by molar-refractivity contribution is 5.85. The minimum absolute atomic E-state index is 0. The number of aromatic nitrogens is 2. The Bertz CT molecular complexity index is 308. The average Bonchev–Trinajstić information content (AvgIpc) is 2.69. The molecule has 1 aromatic heterocycles. The van der Waals surface area contributed by atoms with E-state index in [0.29, 0.717) is 12.1 Å². The molecule has 1 saturated carbocycles. The number of nitrogens with zero attached hydrogens (tertiary/aromatic N) is 2. The van der Waals surface area contributed by atoms with Crippen LogP contribution in [0.2, 0.25) is 0 Å². The highest BCUT2D eigenvalue weighted by atomic mass is 35.5. The summed E-state index contributed by atoms with van der Waals surface area (Å²) in [5.74, 6) is 0. The third-order valence-corrected chi connectivity index (χ3v) is 3.10. The summed E-state index contributed by atoms with van der Waals surface area (Å²) in [6, 6.07) is 1.00. The SMILES string of the molecule is CCn1cc(NC2CCC(N)CC2)cn1.Cl.Cl. The van der Waals surface area contributed by atoms with Crippen LogP contribution < -0.4 is 11.1 Å².